The van der Waals surface area contributed by atoms with Crippen molar-refractivity contribution in [1.29, 1.82) is 0 Å². The molecule has 0 aliphatic carbocycles. The topological polar surface area (TPSA) is 119 Å². The third kappa shape index (κ3) is 14.6. The summed E-state index contributed by atoms with van der Waals surface area (Å²) >= 11 is 0. The summed E-state index contributed by atoms with van der Waals surface area (Å²) in [6.07, 6.45) is 4.62. The molecular formula is C9H11NO5. The Bertz CT molecular complexity index is 267. The number of carbonyl (C=O) groups is 2. The van der Waals surface area contributed by atoms with Gasteiger partial charge in [-0.15, -0.1) is 0 Å². The van der Waals surface area contributed by atoms with Crippen molar-refractivity contribution < 1.29 is 25.3 Å². The van der Waals surface area contributed by atoms with Crippen molar-refractivity contribution in [3.63, 3.8) is 0 Å². The predicted octanol–water partition coefficient (Wildman–Crippen LogP) is -0.0313. The molecule has 0 aliphatic rings. The molecule has 82 valence electrons. The first-order valence-corrected chi connectivity index (χ1v) is 3.62. The van der Waals surface area contributed by atoms with Crippen molar-refractivity contribution in [1.82, 2.24) is 4.98 Å². The zero-order valence-electron chi connectivity index (χ0n) is 7.70. The number of nitrogens with zero attached hydrogens (tertiary/aromatic N) is 1. The lowest BCUT2D eigenvalue weighted by molar-refractivity contribution is -0.134. The standard InChI is InChI=1S/C5H5N.C4H4O4.H2O/c1-2-4-6-5-3-1;5-3(6)1-2-4(7)8;/h1-5H;1-2H,(H,5,6)(H,7,8);1H2/b;2-1+;. The highest BCUT2D eigenvalue weighted by Crippen LogP contribution is 1.73. The Labute approximate surface area is 85.8 Å². The third-order valence-corrected chi connectivity index (χ3v) is 0.935. The normalized spacial score (nSPS) is 8.27. The van der Waals surface area contributed by atoms with Crippen LogP contribution in [0.3, 0.4) is 0 Å². The molecule has 4 N–H and O–H groups in total. The first kappa shape index (κ1) is 15.3. The van der Waals surface area contributed by atoms with E-state index in [4.69, 9.17) is 10.2 Å². The first-order chi connectivity index (χ1) is 6.63. The van der Waals surface area contributed by atoms with Crippen LogP contribution in [0.25, 0.3) is 0 Å². The summed E-state index contributed by atoms with van der Waals surface area (Å²) < 4.78 is 0. The van der Waals surface area contributed by atoms with E-state index in [2.05, 4.69) is 4.98 Å². The van der Waals surface area contributed by atoms with Crippen LogP contribution in [0.15, 0.2) is 42.7 Å². The molecule has 15 heavy (non-hydrogen) atoms. The van der Waals surface area contributed by atoms with Crippen molar-refractivity contribution in [2.75, 3.05) is 0 Å². The van der Waals surface area contributed by atoms with Crippen molar-refractivity contribution in [2.24, 2.45) is 0 Å². The highest BCUT2D eigenvalue weighted by Gasteiger charge is 1.88. The van der Waals surface area contributed by atoms with Crippen molar-refractivity contribution in [3.05, 3.63) is 42.7 Å². The summed E-state index contributed by atoms with van der Waals surface area (Å²) in [6.45, 7) is 0. The molecule has 1 aromatic rings. The molecule has 6 nitrogen and oxygen atoms in total. The summed E-state index contributed by atoms with van der Waals surface area (Å²) in [7, 11) is 0. The molecule has 1 rings (SSSR count). The maximum atomic E-state index is 9.55. The maximum absolute atomic E-state index is 9.55. The molecule has 1 heterocycles. The summed E-state index contributed by atoms with van der Waals surface area (Å²) in [5.74, 6) is -2.51. The summed E-state index contributed by atoms with van der Waals surface area (Å²) in [5, 5.41) is 15.6. The average Bonchev–Trinajstić information content (AvgIpc) is 2.18. The molecule has 0 atom stereocenters. The lowest BCUT2D eigenvalue weighted by Crippen LogP contribution is -1.91. The van der Waals surface area contributed by atoms with Gasteiger partial charge in [0.2, 0.25) is 0 Å². The molecule has 0 radical (unpaired) electrons. The van der Waals surface area contributed by atoms with Gasteiger partial charge in [-0.3, -0.25) is 4.98 Å². The minimum absolute atomic E-state index is 0. The monoisotopic (exact) mass is 213 g/mol. The Morgan fingerprint density at radius 1 is 0.933 bits per heavy atom. The van der Waals surface area contributed by atoms with Gasteiger partial charge in [0.25, 0.3) is 0 Å². The number of hydrogen-bond donors (Lipinski definition) is 2. The number of aliphatic carboxylic acids is 2. The first-order valence-electron chi connectivity index (χ1n) is 3.62. The highest BCUT2D eigenvalue weighted by atomic mass is 16.4. The summed E-state index contributed by atoms with van der Waals surface area (Å²) in [4.78, 5) is 22.9. The summed E-state index contributed by atoms with van der Waals surface area (Å²) in [5.41, 5.74) is 0. The largest absolute Gasteiger partial charge is 0.478 e. The second-order valence-corrected chi connectivity index (χ2v) is 2.03. The van der Waals surface area contributed by atoms with Gasteiger partial charge in [0.05, 0.1) is 0 Å². The Balaban J connectivity index is 0. The third-order valence-electron chi connectivity index (χ3n) is 0.935. The smallest absolute Gasteiger partial charge is 0.328 e. The predicted molar refractivity (Wildman–Crippen MR) is 52.3 cm³/mol. The Morgan fingerprint density at radius 2 is 1.33 bits per heavy atom. The molecule has 6 heteroatoms. The van der Waals surface area contributed by atoms with Gasteiger partial charge in [-0.2, -0.15) is 0 Å². The summed E-state index contributed by atoms with van der Waals surface area (Å²) in [6, 6.07) is 5.72. The van der Waals surface area contributed by atoms with Crippen molar-refractivity contribution in [3.8, 4) is 0 Å². The number of rotatable bonds is 2. The van der Waals surface area contributed by atoms with Gasteiger partial charge < -0.3 is 15.7 Å². The molecule has 1 aromatic heterocycles. The van der Waals surface area contributed by atoms with Gasteiger partial charge in [0.1, 0.15) is 0 Å². The molecule has 0 spiro atoms. The van der Waals surface area contributed by atoms with Crippen LogP contribution in [-0.2, 0) is 9.59 Å². The van der Waals surface area contributed by atoms with E-state index in [0.29, 0.717) is 12.2 Å². The Hall–Kier alpha value is -2.21. The molecule has 0 bridgehead atoms. The zero-order valence-corrected chi connectivity index (χ0v) is 7.70. The molecule has 0 fully saturated rings. The molecule has 0 saturated carbocycles. The van der Waals surface area contributed by atoms with E-state index in [9.17, 15) is 9.59 Å². The minimum Gasteiger partial charge on any atom is -0.478 e. The number of carboxylic acid groups (broad SMARTS) is 2. The zero-order chi connectivity index (χ0) is 10.8. The maximum Gasteiger partial charge on any atom is 0.328 e. The van der Waals surface area contributed by atoms with E-state index in [1.807, 2.05) is 18.2 Å². The van der Waals surface area contributed by atoms with Crippen LogP contribution in [0.1, 0.15) is 0 Å². The number of carboxylic acids is 2. The lowest BCUT2D eigenvalue weighted by atomic mass is 10.5. The van der Waals surface area contributed by atoms with Crippen molar-refractivity contribution >= 4 is 11.9 Å². The fourth-order valence-corrected chi connectivity index (χ4v) is 0.455. The van der Waals surface area contributed by atoms with Crippen LogP contribution in [-0.4, -0.2) is 32.6 Å². The van der Waals surface area contributed by atoms with Crippen LogP contribution in [0.5, 0.6) is 0 Å². The SMILES string of the molecule is O.O=C(O)/C=C/C(=O)O.c1ccncc1. The fraction of sp³-hybridized carbons (Fsp3) is 0. The Kier molecular flexibility index (Phi) is 10.1. The second kappa shape index (κ2) is 9.87. The van der Waals surface area contributed by atoms with E-state index in [1.165, 1.54) is 0 Å². The molecule has 0 amide bonds. The van der Waals surface area contributed by atoms with Gasteiger partial charge in [-0.05, 0) is 12.1 Å². The molecule has 0 unspecified atom stereocenters. The Morgan fingerprint density at radius 3 is 1.47 bits per heavy atom. The number of aromatic nitrogens is 1. The average molecular weight is 213 g/mol. The van der Waals surface area contributed by atoms with E-state index in [-0.39, 0.29) is 5.48 Å². The van der Waals surface area contributed by atoms with Gasteiger partial charge >= 0.3 is 11.9 Å². The van der Waals surface area contributed by atoms with Gasteiger partial charge in [-0.1, -0.05) is 6.07 Å². The number of hydrogen-bond acceptors (Lipinski definition) is 3. The van der Waals surface area contributed by atoms with Crippen LogP contribution in [0, 0.1) is 0 Å². The quantitative estimate of drug-likeness (QED) is 0.668. The van der Waals surface area contributed by atoms with Crippen LogP contribution in [0.4, 0.5) is 0 Å². The van der Waals surface area contributed by atoms with E-state index in [1.54, 1.807) is 12.4 Å². The van der Waals surface area contributed by atoms with E-state index < -0.39 is 11.9 Å². The lowest BCUT2D eigenvalue weighted by Gasteiger charge is -1.74. The second-order valence-electron chi connectivity index (χ2n) is 2.03. The molecular weight excluding hydrogens is 202 g/mol. The van der Waals surface area contributed by atoms with E-state index >= 15 is 0 Å². The highest BCUT2D eigenvalue weighted by molar-refractivity contribution is 5.89. The van der Waals surface area contributed by atoms with Crippen LogP contribution >= 0.6 is 0 Å². The molecule has 0 saturated heterocycles. The fourth-order valence-electron chi connectivity index (χ4n) is 0.455. The molecule has 0 aliphatic heterocycles. The number of pyridine rings is 1. The van der Waals surface area contributed by atoms with Crippen LogP contribution in [0.2, 0.25) is 0 Å². The van der Waals surface area contributed by atoms with Gasteiger partial charge in [0.15, 0.2) is 0 Å². The minimum atomic E-state index is -1.26. The molecule has 0 aromatic carbocycles. The van der Waals surface area contributed by atoms with Crippen molar-refractivity contribution in [2.45, 2.75) is 0 Å². The van der Waals surface area contributed by atoms with Gasteiger partial charge in [-0.25, -0.2) is 9.59 Å². The van der Waals surface area contributed by atoms with Crippen LogP contribution < -0.4 is 0 Å². The van der Waals surface area contributed by atoms with E-state index in [0.717, 1.165) is 0 Å². The van der Waals surface area contributed by atoms with Gasteiger partial charge in [0, 0.05) is 24.5 Å².